The number of hydrogen-bond acceptors (Lipinski definition) is 4. The molecular formula is C22H13Cl2N3O3. The van der Waals surface area contributed by atoms with Crippen LogP contribution in [0, 0.1) is 10.1 Å². The van der Waals surface area contributed by atoms with Crippen LogP contribution >= 0.6 is 23.2 Å². The number of hydrogen-bond donors (Lipinski definition) is 0. The smallest absolute Gasteiger partial charge is 0.268 e. The number of benzene rings is 3. The number of non-ortho nitro benzene ring substituents is 1. The molecule has 0 amide bonds. The quantitative estimate of drug-likeness (QED) is 0.299. The van der Waals surface area contributed by atoms with Gasteiger partial charge in [0, 0.05) is 22.2 Å². The van der Waals surface area contributed by atoms with E-state index in [0.717, 1.165) is 0 Å². The van der Waals surface area contributed by atoms with Crippen molar-refractivity contribution in [2.45, 2.75) is 0 Å². The van der Waals surface area contributed by atoms with Gasteiger partial charge in [-0.3, -0.25) is 19.5 Å². The highest BCUT2D eigenvalue weighted by Crippen LogP contribution is 2.23. The van der Waals surface area contributed by atoms with Crippen molar-refractivity contribution in [3.8, 4) is 5.69 Å². The van der Waals surface area contributed by atoms with E-state index in [0.29, 0.717) is 38.0 Å². The molecule has 3 aromatic carbocycles. The lowest BCUT2D eigenvalue weighted by molar-refractivity contribution is -0.384. The Hall–Kier alpha value is -3.48. The fourth-order valence-electron chi connectivity index (χ4n) is 3.04. The van der Waals surface area contributed by atoms with Crippen LogP contribution in [0.4, 0.5) is 5.69 Å². The maximum Gasteiger partial charge on any atom is 0.269 e. The lowest BCUT2D eigenvalue weighted by atomic mass is 10.2. The lowest BCUT2D eigenvalue weighted by Gasteiger charge is -2.11. The molecule has 0 fully saturated rings. The van der Waals surface area contributed by atoms with Gasteiger partial charge in [0.25, 0.3) is 11.2 Å². The predicted octanol–water partition coefficient (Wildman–Crippen LogP) is 5.77. The SMILES string of the molecule is O=c1c2ccccc2nc(/C=C\c2ccc(Cl)cc2Cl)n1-c1ccc([N+](=O)[O-])cc1. The molecule has 0 saturated heterocycles. The molecule has 148 valence electrons. The summed E-state index contributed by atoms with van der Waals surface area (Å²) in [5, 5.41) is 12.4. The predicted molar refractivity (Wildman–Crippen MR) is 119 cm³/mol. The standard InChI is InChI=1S/C22H13Cl2N3O3/c23-15-7-5-14(19(24)13-15)6-12-21-25-20-4-2-1-3-18(20)22(28)26(21)16-8-10-17(11-9-16)27(29)30/h1-13H/b12-6-. The van der Waals surface area contributed by atoms with E-state index in [4.69, 9.17) is 23.2 Å². The maximum atomic E-state index is 13.2. The zero-order valence-corrected chi connectivity index (χ0v) is 16.8. The average Bonchev–Trinajstić information content (AvgIpc) is 2.73. The molecule has 0 saturated carbocycles. The Bertz CT molecular complexity index is 1360. The molecule has 0 spiro atoms. The molecule has 1 heterocycles. The molecule has 4 rings (SSSR count). The second-order valence-electron chi connectivity index (χ2n) is 6.40. The van der Waals surface area contributed by atoms with Gasteiger partial charge in [-0.2, -0.15) is 0 Å². The van der Waals surface area contributed by atoms with E-state index < -0.39 is 4.92 Å². The summed E-state index contributed by atoms with van der Waals surface area (Å²) >= 11 is 12.2. The number of aromatic nitrogens is 2. The highest BCUT2D eigenvalue weighted by molar-refractivity contribution is 6.35. The second-order valence-corrected chi connectivity index (χ2v) is 7.24. The van der Waals surface area contributed by atoms with Crippen molar-refractivity contribution in [2.75, 3.05) is 0 Å². The number of nitro groups is 1. The fraction of sp³-hybridized carbons (Fsp3) is 0. The number of nitrogens with zero attached hydrogens (tertiary/aromatic N) is 3. The molecule has 0 radical (unpaired) electrons. The van der Waals surface area contributed by atoms with Crippen LogP contribution in [0.15, 0.2) is 71.5 Å². The van der Waals surface area contributed by atoms with Crippen molar-refractivity contribution in [1.82, 2.24) is 9.55 Å². The van der Waals surface area contributed by atoms with Crippen LogP contribution in [-0.4, -0.2) is 14.5 Å². The highest BCUT2D eigenvalue weighted by atomic mass is 35.5. The van der Waals surface area contributed by atoms with E-state index in [1.807, 2.05) is 0 Å². The normalized spacial score (nSPS) is 11.3. The van der Waals surface area contributed by atoms with Crippen LogP contribution < -0.4 is 5.56 Å². The van der Waals surface area contributed by atoms with Crippen molar-refractivity contribution in [3.05, 3.63) is 109 Å². The minimum absolute atomic E-state index is 0.0643. The Kier molecular flexibility index (Phi) is 5.35. The molecular weight excluding hydrogens is 425 g/mol. The van der Waals surface area contributed by atoms with E-state index in [-0.39, 0.29) is 11.2 Å². The van der Waals surface area contributed by atoms with Gasteiger partial charge in [-0.1, -0.05) is 41.4 Å². The summed E-state index contributed by atoms with van der Waals surface area (Å²) in [5.74, 6) is 0.360. The first-order valence-corrected chi connectivity index (χ1v) is 9.59. The number of rotatable bonds is 4. The van der Waals surface area contributed by atoms with Crippen molar-refractivity contribution >= 4 is 51.9 Å². The van der Waals surface area contributed by atoms with Gasteiger partial charge in [0.2, 0.25) is 0 Å². The molecule has 30 heavy (non-hydrogen) atoms. The van der Waals surface area contributed by atoms with E-state index >= 15 is 0 Å². The van der Waals surface area contributed by atoms with Gasteiger partial charge in [0.05, 0.1) is 21.5 Å². The molecule has 6 nitrogen and oxygen atoms in total. The van der Waals surface area contributed by atoms with Crippen LogP contribution in [0.2, 0.25) is 10.0 Å². The largest absolute Gasteiger partial charge is 0.269 e. The Labute approximate surface area is 180 Å². The van der Waals surface area contributed by atoms with Gasteiger partial charge in [-0.15, -0.1) is 0 Å². The molecule has 0 aliphatic heterocycles. The van der Waals surface area contributed by atoms with Gasteiger partial charge in [0.15, 0.2) is 0 Å². The molecule has 8 heteroatoms. The topological polar surface area (TPSA) is 78.0 Å². The lowest BCUT2D eigenvalue weighted by Crippen LogP contribution is -2.22. The first kappa shape index (κ1) is 19.8. The third kappa shape index (κ3) is 3.83. The molecule has 0 unspecified atom stereocenters. The second kappa shape index (κ2) is 8.10. The van der Waals surface area contributed by atoms with Crippen molar-refractivity contribution in [1.29, 1.82) is 0 Å². The molecule has 0 atom stereocenters. The van der Waals surface area contributed by atoms with Crippen molar-refractivity contribution < 1.29 is 4.92 Å². The van der Waals surface area contributed by atoms with E-state index in [9.17, 15) is 14.9 Å². The Morgan fingerprint density at radius 3 is 2.40 bits per heavy atom. The Morgan fingerprint density at radius 1 is 0.967 bits per heavy atom. The van der Waals surface area contributed by atoms with Crippen LogP contribution in [0.25, 0.3) is 28.7 Å². The molecule has 4 aromatic rings. The van der Waals surface area contributed by atoms with Gasteiger partial charge in [-0.25, -0.2) is 4.98 Å². The zero-order chi connectivity index (χ0) is 21.3. The Balaban J connectivity index is 1.91. The summed E-state index contributed by atoms with van der Waals surface area (Å²) in [6, 6.07) is 17.8. The zero-order valence-electron chi connectivity index (χ0n) is 15.3. The van der Waals surface area contributed by atoms with E-state index in [2.05, 4.69) is 4.98 Å². The van der Waals surface area contributed by atoms with Gasteiger partial charge < -0.3 is 0 Å². The highest BCUT2D eigenvalue weighted by Gasteiger charge is 2.13. The molecule has 1 aromatic heterocycles. The van der Waals surface area contributed by atoms with Crippen molar-refractivity contribution in [2.24, 2.45) is 0 Å². The average molecular weight is 438 g/mol. The molecule has 0 aliphatic carbocycles. The third-order valence-electron chi connectivity index (χ3n) is 4.49. The minimum Gasteiger partial charge on any atom is -0.268 e. The summed E-state index contributed by atoms with van der Waals surface area (Å²) in [6.45, 7) is 0. The maximum absolute atomic E-state index is 13.2. The summed E-state index contributed by atoms with van der Waals surface area (Å²) in [6.07, 6.45) is 3.40. The monoisotopic (exact) mass is 437 g/mol. The fourth-order valence-corrected chi connectivity index (χ4v) is 3.51. The summed E-state index contributed by atoms with van der Waals surface area (Å²) in [7, 11) is 0. The summed E-state index contributed by atoms with van der Waals surface area (Å²) in [5.41, 5.74) is 1.37. The van der Waals surface area contributed by atoms with Crippen LogP contribution in [0.1, 0.15) is 11.4 Å². The summed E-state index contributed by atoms with van der Waals surface area (Å²) in [4.78, 5) is 28.3. The van der Waals surface area contributed by atoms with Gasteiger partial charge >= 0.3 is 0 Å². The Morgan fingerprint density at radius 2 is 1.70 bits per heavy atom. The number of nitro benzene ring substituents is 1. The van der Waals surface area contributed by atoms with E-state index in [1.165, 1.54) is 28.8 Å². The van der Waals surface area contributed by atoms with Crippen LogP contribution in [-0.2, 0) is 0 Å². The third-order valence-corrected chi connectivity index (χ3v) is 5.06. The van der Waals surface area contributed by atoms with Crippen LogP contribution in [0.5, 0.6) is 0 Å². The summed E-state index contributed by atoms with van der Waals surface area (Å²) < 4.78 is 1.41. The first-order valence-electron chi connectivity index (χ1n) is 8.84. The van der Waals surface area contributed by atoms with E-state index in [1.54, 1.807) is 54.6 Å². The molecule has 0 aliphatic rings. The van der Waals surface area contributed by atoms with Crippen LogP contribution in [0.3, 0.4) is 0 Å². The van der Waals surface area contributed by atoms with Gasteiger partial charge in [-0.05, 0) is 54.1 Å². The van der Waals surface area contributed by atoms with Crippen molar-refractivity contribution in [3.63, 3.8) is 0 Å². The number of fused-ring (bicyclic) bond motifs is 1. The van der Waals surface area contributed by atoms with Gasteiger partial charge in [0.1, 0.15) is 5.82 Å². The minimum atomic E-state index is -0.492. The first-order chi connectivity index (χ1) is 14.4. The molecule has 0 N–H and O–H groups in total. The number of para-hydroxylation sites is 1. The molecule has 0 bridgehead atoms. The number of halogens is 2.